The molecular weight excluding hydrogens is 525 g/mol. The zero-order valence-electron chi connectivity index (χ0n) is 17.6. The van der Waals surface area contributed by atoms with Crippen LogP contribution in [-0.4, -0.2) is 44.0 Å². The maximum Gasteiger partial charge on any atom is 0.281 e. The van der Waals surface area contributed by atoms with Crippen molar-refractivity contribution in [2.45, 2.75) is 22.3 Å². The number of fused-ring (bicyclic) bond motifs is 1. The SMILES string of the molecule is O=C(CC(F)(F)c1ccccc1)NC(N1CCN(c2cccc3cccnc23)C1=S)C(Cl)(Cl)Cl. The van der Waals surface area contributed by atoms with Crippen molar-refractivity contribution < 1.29 is 13.6 Å². The summed E-state index contributed by atoms with van der Waals surface area (Å²) in [6.45, 7) is 0.734. The molecule has 0 aliphatic carbocycles. The molecule has 0 bridgehead atoms. The number of para-hydroxylation sites is 1. The number of aromatic nitrogens is 1. The minimum atomic E-state index is -3.39. The number of halogens is 5. The van der Waals surface area contributed by atoms with Crippen molar-refractivity contribution >= 4 is 74.6 Å². The zero-order valence-corrected chi connectivity index (χ0v) is 20.7. The van der Waals surface area contributed by atoms with E-state index in [9.17, 15) is 13.6 Å². The third-order valence-corrected chi connectivity index (χ3v) is 6.52. The first-order valence-electron chi connectivity index (χ1n) is 10.3. The van der Waals surface area contributed by atoms with E-state index >= 15 is 0 Å². The Hall–Kier alpha value is -2.26. The number of carbonyl (C=O) groups is 1. The summed E-state index contributed by atoms with van der Waals surface area (Å²) in [5.41, 5.74) is 1.23. The van der Waals surface area contributed by atoms with E-state index in [4.69, 9.17) is 47.0 Å². The first kappa shape index (κ1) is 24.9. The van der Waals surface area contributed by atoms with E-state index in [0.717, 1.165) is 16.6 Å². The molecule has 1 aliphatic heterocycles. The summed E-state index contributed by atoms with van der Waals surface area (Å²) in [6.07, 6.45) is -0.678. The standard InChI is InChI=1S/C23H19Cl3F2N4OS/c24-23(25,26)20(30-18(33)14-22(27,28)16-8-2-1-3-9-16)32-13-12-31(21(32)34)17-10-4-6-15-7-5-11-29-19(15)17/h1-11,20H,12-14H2,(H,30,33). The first-order chi connectivity index (χ1) is 16.1. The van der Waals surface area contributed by atoms with Gasteiger partial charge in [0.2, 0.25) is 9.70 Å². The summed E-state index contributed by atoms with van der Waals surface area (Å²) in [7, 11) is 0. The molecule has 0 radical (unpaired) electrons. The molecular formula is C23H19Cl3F2N4OS. The van der Waals surface area contributed by atoms with E-state index < -0.39 is 28.2 Å². The number of alkyl halides is 5. The Morgan fingerprint density at radius 3 is 2.47 bits per heavy atom. The molecule has 1 amide bonds. The van der Waals surface area contributed by atoms with Gasteiger partial charge in [-0.1, -0.05) is 83.3 Å². The fourth-order valence-corrected chi connectivity index (χ4v) is 4.75. The number of thiocarbonyl (C=S) groups is 1. The summed E-state index contributed by atoms with van der Waals surface area (Å²) in [4.78, 5) is 20.4. The van der Waals surface area contributed by atoms with Crippen LogP contribution in [0.3, 0.4) is 0 Å². The van der Waals surface area contributed by atoms with Gasteiger partial charge in [0, 0.05) is 30.2 Å². The fourth-order valence-electron chi connectivity index (χ4n) is 3.85. The van der Waals surface area contributed by atoms with Crippen LogP contribution >= 0.6 is 47.0 Å². The van der Waals surface area contributed by atoms with Crippen molar-refractivity contribution in [3.63, 3.8) is 0 Å². The first-order valence-corrected chi connectivity index (χ1v) is 11.8. The fraction of sp³-hybridized carbons (Fsp3) is 0.261. The van der Waals surface area contributed by atoms with Crippen LogP contribution in [0.5, 0.6) is 0 Å². The monoisotopic (exact) mass is 542 g/mol. The molecule has 1 fully saturated rings. The highest BCUT2D eigenvalue weighted by molar-refractivity contribution is 7.80. The Morgan fingerprint density at radius 1 is 1.06 bits per heavy atom. The molecule has 0 spiro atoms. The van der Waals surface area contributed by atoms with Crippen molar-refractivity contribution in [3.8, 4) is 0 Å². The van der Waals surface area contributed by atoms with Crippen molar-refractivity contribution in [2.75, 3.05) is 18.0 Å². The molecule has 5 nitrogen and oxygen atoms in total. The Labute approximate surface area is 215 Å². The van der Waals surface area contributed by atoms with Gasteiger partial charge in [-0.05, 0) is 24.4 Å². The quantitative estimate of drug-likeness (QED) is 0.322. The van der Waals surface area contributed by atoms with E-state index in [0.29, 0.717) is 13.1 Å². The number of benzene rings is 2. The highest BCUT2D eigenvalue weighted by Crippen LogP contribution is 2.37. The van der Waals surface area contributed by atoms with Crippen LogP contribution in [-0.2, 0) is 10.7 Å². The predicted octanol–water partition coefficient (Wildman–Crippen LogP) is 5.64. The van der Waals surface area contributed by atoms with Crippen LogP contribution in [0.1, 0.15) is 12.0 Å². The van der Waals surface area contributed by atoms with Gasteiger partial charge in [-0.25, -0.2) is 8.78 Å². The number of anilines is 1. The molecule has 1 N–H and O–H groups in total. The molecule has 2 aromatic carbocycles. The summed E-state index contributed by atoms with van der Waals surface area (Å²) in [6, 6.07) is 16.5. The molecule has 1 saturated heterocycles. The summed E-state index contributed by atoms with van der Waals surface area (Å²) < 4.78 is 27.2. The lowest BCUT2D eigenvalue weighted by Crippen LogP contribution is -2.57. The highest BCUT2D eigenvalue weighted by Gasteiger charge is 2.45. The van der Waals surface area contributed by atoms with Crippen molar-refractivity contribution in [3.05, 3.63) is 72.4 Å². The number of nitrogens with zero attached hydrogens (tertiary/aromatic N) is 3. The van der Waals surface area contributed by atoms with Crippen LogP contribution in [0.25, 0.3) is 10.9 Å². The molecule has 1 atom stereocenters. The van der Waals surface area contributed by atoms with E-state index in [1.807, 2.05) is 35.2 Å². The number of hydrogen-bond donors (Lipinski definition) is 1. The lowest BCUT2D eigenvalue weighted by molar-refractivity contribution is -0.130. The molecule has 1 unspecified atom stereocenters. The molecule has 1 aliphatic rings. The molecule has 11 heteroatoms. The maximum atomic E-state index is 14.6. The summed E-state index contributed by atoms with van der Waals surface area (Å²) >= 11 is 24.1. The van der Waals surface area contributed by atoms with E-state index in [2.05, 4.69) is 10.3 Å². The average molecular weight is 544 g/mol. The number of nitrogens with one attached hydrogen (secondary N) is 1. The van der Waals surface area contributed by atoms with Gasteiger partial charge < -0.3 is 15.1 Å². The van der Waals surface area contributed by atoms with Gasteiger partial charge in [0.1, 0.15) is 0 Å². The predicted molar refractivity (Wildman–Crippen MR) is 136 cm³/mol. The average Bonchev–Trinajstić information content (AvgIpc) is 3.17. The van der Waals surface area contributed by atoms with Crippen LogP contribution in [0.15, 0.2) is 66.9 Å². The third kappa shape index (κ3) is 5.20. The molecule has 3 aromatic rings. The van der Waals surface area contributed by atoms with E-state index in [1.54, 1.807) is 12.3 Å². The van der Waals surface area contributed by atoms with Gasteiger partial charge in [0.05, 0.1) is 17.6 Å². The number of pyridine rings is 1. The smallest absolute Gasteiger partial charge is 0.281 e. The normalized spacial score (nSPS) is 15.6. The third-order valence-electron chi connectivity index (χ3n) is 5.44. The molecule has 1 aromatic heterocycles. The number of amides is 1. The van der Waals surface area contributed by atoms with Crippen LogP contribution < -0.4 is 10.2 Å². The zero-order chi connectivity index (χ0) is 24.5. The van der Waals surface area contributed by atoms with Crippen molar-refractivity contribution in [1.82, 2.24) is 15.2 Å². The van der Waals surface area contributed by atoms with Crippen molar-refractivity contribution in [2.24, 2.45) is 0 Å². The Balaban J connectivity index is 1.54. The highest BCUT2D eigenvalue weighted by atomic mass is 35.6. The Kier molecular flexibility index (Phi) is 7.14. The lowest BCUT2D eigenvalue weighted by atomic mass is 10.1. The van der Waals surface area contributed by atoms with Crippen LogP contribution in [0.2, 0.25) is 0 Å². The number of rotatable bonds is 6. The molecule has 4 rings (SSSR count). The lowest BCUT2D eigenvalue weighted by Gasteiger charge is -2.35. The number of hydrogen-bond acceptors (Lipinski definition) is 3. The molecule has 2 heterocycles. The Bertz CT molecular complexity index is 1200. The van der Waals surface area contributed by atoms with Gasteiger partial charge in [0.15, 0.2) is 11.3 Å². The largest absolute Gasteiger partial charge is 0.332 e. The van der Waals surface area contributed by atoms with Gasteiger partial charge in [-0.15, -0.1) is 0 Å². The van der Waals surface area contributed by atoms with Gasteiger partial charge >= 0.3 is 0 Å². The molecule has 178 valence electrons. The molecule has 0 saturated carbocycles. The van der Waals surface area contributed by atoms with Crippen molar-refractivity contribution in [1.29, 1.82) is 0 Å². The second-order valence-electron chi connectivity index (χ2n) is 7.74. The van der Waals surface area contributed by atoms with Gasteiger partial charge in [-0.2, -0.15) is 0 Å². The summed E-state index contributed by atoms with van der Waals surface area (Å²) in [5.74, 6) is -4.37. The topological polar surface area (TPSA) is 48.5 Å². The van der Waals surface area contributed by atoms with Crippen LogP contribution in [0, 0.1) is 0 Å². The summed E-state index contributed by atoms with van der Waals surface area (Å²) in [5, 5.41) is 3.65. The van der Waals surface area contributed by atoms with E-state index in [-0.39, 0.29) is 10.7 Å². The maximum absolute atomic E-state index is 14.6. The second-order valence-corrected chi connectivity index (χ2v) is 10.5. The minimum Gasteiger partial charge on any atom is -0.332 e. The minimum absolute atomic E-state index is 0.276. The van der Waals surface area contributed by atoms with Gasteiger partial charge in [-0.3, -0.25) is 9.78 Å². The number of carbonyl (C=O) groups excluding carboxylic acids is 1. The Morgan fingerprint density at radius 2 is 1.76 bits per heavy atom. The van der Waals surface area contributed by atoms with Crippen LogP contribution in [0.4, 0.5) is 14.5 Å². The second kappa shape index (κ2) is 9.77. The molecule has 34 heavy (non-hydrogen) atoms. The van der Waals surface area contributed by atoms with E-state index in [1.165, 1.54) is 29.2 Å². The van der Waals surface area contributed by atoms with Gasteiger partial charge in [0.25, 0.3) is 5.92 Å².